The molecule has 0 spiro atoms. The lowest BCUT2D eigenvalue weighted by atomic mass is 10.1. The van der Waals surface area contributed by atoms with Gasteiger partial charge in [-0.15, -0.1) is 0 Å². The summed E-state index contributed by atoms with van der Waals surface area (Å²) < 4.78 is 28.0. The molecule has 1 aliphatic heterocycles. The average molecular weight is 452 g/mol. The number of anilines is 1. The predicted octanol–water partition coefficient (Wildman–Crippen LogP) is 1.85. The van der Waals surface area contributed by atoms with Crippen molar-refractivity contribution < 1.29 is 22.7 Å². The number of primary sulfonamides is 1. The van der Waals surface area contributed by atoms with Crippen molar-refractivity contribution in [2.45, 2.75) is 24.2 Å². The first-order valence-electron chi connectivity index (χ1n) is 9.35. The van der Waals surface area contributed by atoms with Gasteiger partial charge in [0.2, 0.25) is 21.8 Å². The van der Waals surface area contributed by atoms with Crippen molar-refractivity contribution in [3.05, 3.63) is 53.1 Å². The summed E-state index contributed by atoms with van der Waals surface area (Å²) in [5.41, 5.74) is 1.47. The molecule has 0 unspecified atom stereocenters. The summed E-state index contributed by atoms with van der Waals surface area (Å²) in [5, 5.41) is 8.33. The van der Waals surface area contributed by atoms with Crippen LogP contribution in [-0.4, -0.2) is 39.9 Å². The van der Waals surface area contributed by atoms with Crippen LogP contribution in [0, 0.1) is 0 Å². The number of ether oxygens (including phenoxy) is 1. The molecule has 10 heteroatoms. The molecule has 0 aliphatic carbocycles. The molecule has 0 saturated carbocycles. The summed E-state index contributed by atoms with van der Waals surface area (Å²) in [4.78, 5) is 26.3. The van der Waals surface area contributed by atoms with Gasteiger partial charge in [-0.1, -0.05) is 23.7 Å². The molecule has 1 heterocycles. The molecule has 0 fully saturated rings. The van der Waals surface area contributed by atoms with E-state index >= 15 is 0 Å². The number of benzene rings is 2. The van der Waals surface area contributed by atoms with E-state index in [0.717, 1.165) is 5.56 Å². The number of rotatable bonds is 7. The van der Waals surface area contributed by atoms with E-state index in [1.807, 2.05) is 0 Å². The van der Waals surface area contributed by atoms with Gasteiger partial charge in [0.25, 0.3) is 0 Å². The average Bonchev–Trinajstić information content (AvgIpc) is 2.71. The van der Waals surface area contributed by atoms with Gasteiger partial charge in [-0.25, -0.2) is 13.6 Å². The number of nitrogens with one attached hydrogen (secondary N) is 1. The molecule has 160 valence electrons. The topological polar surface area (TPSA) is 119 Å². The second-order valence-electron chi connectivity index (χ2n) is 6.79. The van der Waals surface area contributed by atoms with Crippen LogP contribution in [0.15, 0.2) is 47.4 Å². The smallest absolute Gasteiger partial charge is 0.238 e. The number of carbonyl (C=O) groups is 2. The summed E-state index contributed by atoms with van der Waals surface area (Å²) in [6.07, 6.45) is 0.664. The van der Waals surface area contributed by atoms with Gasteiger partial charge in [-0.3, -0.25) is 9.59 Å². The largest absolute Gasteiger partial charge is 0.490 e. The number of fused-ring (bicyclic) bond motifs is 1. The van der Waals surface area contributed by atoms with E-state index in [0.29, 0.717) is 42.6 Å². The van der Waals surface area contributed by atoms with Crippen LogP contribution >= 0.6 is 11.6 Å². The maximum absolute atomic E-state index is 12.6. The second-order valence-corrected chi connectivity index (χ2v) is 8.79. The van der Waals surface area contributed by atoms with Crippen LogP contribution < -0.4 is 20.1 Å². The van der Waals surface area contributed by atoms with E-state index in [9.17, 15) is 18.0 Å². The van der Waals surface area contributed by atoms with Crippen molar-refractivity contribution in [1.29, 1.82) is 0 Å². The number of sulfonamides is 1. The molecule has 3 rings (SSSR count). The molecular weight excluding hydrogens is 430 g/mol. The van der Waals surface area contributed by atoms with Crippen LogP contribution in [0.4, 0.5) is 5.69 Å². The van der Waals surface area contributed by atoms with E-state index in [1.165, 1.54) is 12.1 Å². The number of hydrogen-bond donors (Lipinski definition) is 2. The minimum atomic E-state index is -3.72. The van der Waals surface area contributed by atoms with Crippen molar-refractivity contribution in [1.82, 2.24) is 5.32 Å². The van der Waals surface area contributed by atoms with Crippen molar-refractivity contribution in [3.8, 4) is 5.75 Å². The van der Waals surface area contributed by atoms with Gasteiger partial charge < -0.3 is 15.0 Å². The minimum Gasteiger partial charge on any atom is -0.490 e. The number of nitrogens with two attached hydrogens (primary N) is 1. The molecule has 8 nitrogen and oxygen atoms in total. The third-order valence-electron chi connectivity index (χ3n) is 4.64. The monoisotopic (exact) mass is 451 g/mol. The number of nitrogens with zero attached hydrogens (tertiary/aromatic N) is 1. The molecule has 0 atom stereocenters. The van der Waals surface area contributed by atoms with Crippen LogP contribution in [-0.2, 0) is 26.0 Å². The second kappa shape index (κ2) is 9.46. The van der Waals surface area contributed by atoms with Crippen molar-refractivity contribution in [2.75, 3.05) is 24.6 Å². The summed E-state index contributed by atoms with van der Waals surface area (Å²) >= 11 is 6.02. The number of carbonyl (C=O) groups excluding carboxylic acids is 2. The Morgan fingerprint density at radius 2 is 1.87 bits per heavy atom. The Labute approximate surface area is 180 Å². The zero-order valence-electron chi connectivity index (χ0n) is 16.1. The molecular formula is C20H22ClN3O5S. The number of amides is 2. The van der Waals surface area contributed by atoms with Crippen LogP contribution in [0.1, 0.15) is 18.4 Å². The zero-order chi connectivity index (χ0) is 21.7. The first-order valence-corrected chi connectivity index (χ1v) is 11.3. The summed E-state index contributed by atoms with van der Waals surface area (Å²) in [6, 6.07) is 11.3. The van der Waals surface area contributed by atoms with Gasteiger partial charge in [-0.05, 0) is 42.3 Å². The van der Waals surface area contributed by atoms with Crippen LogP contribution in [0.25, 0.3) is 0 Å². The maximum atomic E-state index is 12.6. The van der Waals surface area contributed by atoms with E-state index in [1.54, 1.807) is 35.2 Å². The van der Waals surface area contributed by atoms with Gasteiger partial charge in [0.1, 0.15) is 12.4 Å². The highest BCUT2D eigenvalue weighted by atomic mass is 35.5. The number of halogens is 1. The third-order valence-corrected chi connectivity index (χ3v) is 5.80. The third kappa shape index (κ3) is 5.71. The standard InChI is InChI=1S/C20H22ClN3O5S/c21-15-3-6-18-17(13-15)24(11-12-29-18)20(26)8-7-19(25)23-10-9-14-1-4-16(5-2-14)30(22,27)28/h1-6,13H,7-12H2,(H,23,25)(H2,22,27,28). The maximum Gasteiger partial charge on any atom is 0.238 e. The molecule has 2 aromatic rings. The first-order chi connectivity index (χ1) is 14.2. The molecule has 0 aromatic heterocycles. The Balaban J connectivity index is 1.45. The first kappa shape index (κ1) is 22.1. The highest BCUT2D eigenvalue weighted by molar-refractivity contribution is 7.89. The molecule has 2 amide bonds. The van der Waals surface area contributed by atoms with Crippen molar-refractivity contribution in [2.24, 2.45) is 5.14 Å². The molecule has 0 bridgehead atoms. The van der Waals surface area contributed by atoms with Gasteiger partial charge >= 0.3 is 0 Å². The molecule has 1 aliphatic rings. The van der Waals surface area contributed by atoms with Crippen LogP contribution in [0.3, 0.4) is 0 Å². The highest BCUT2D eigenvalue weighted by Crippen LogP contribution is 2.34. The van der Waals surface area contributed by atoms with Gasteiger partial charge in [-0.2, -0.15) is 0 Å². The summed E-state index contributed by atoms with van der Waals surface area (Å²) in [6.45, 7) is 1.16. The van der Waals surface area contributed by atoms with Gasteiger partial charge in [0.05, 0.1) is 17.1 Å². The Hall–Kier alpha value is -2.62. The molecule has 30 heavy (non-hydrogen) atoms. The Morgan fingerprint density at radius 3 is 2.57 bits per heavy atom. The normalized spacial score (nSPS) is 13.3. The number of hydrogen-bond acceptors (Lipinski definition) is 5. The molecule has 0 saturated heterocycles. The van der Waals surface area contributed by atoms with Crippen molar-refractivity contribution >= 4 is 39.1 Å². The van der Waals surface area contributed by atoms with E-state index < -0.39 is 10.0 Å². The molecule has 2 aromatic carbocycles. The fourth-order valence-corrected chi connectivity index (χ4v) is 3.77. The Bertz CT molecular complexity index is 1040. The van der Waals surface area contributed by atoms with Gasteiger partial charge in [0, 0.05) is 24.4 Å². The van der Waals surface area contributed by atoms with Crippen LogP contribution in [0.2, 0.25) is 5.02 Å². The van der Waals surface area contributed by atoms with Gasteiger partial charge in [0.15, 0.2) is 0 Å². The summed E-state index contributed by atoms with van der Waals surface area (Å²) in [5.74, 6) is 0.191. The Morgan fingerprint density at radius 1 is 1.13 bits per heavy atom. The van der Waals surface area contributed by atoms with E-state index in [2.05, 4.69) is 5.32 Å². The quantitative estimate of drug-likeness (QED) is 0.665. The van der Waals surface area contributed by atoms with E-state index in [-0.39, 0.29) is 29.6 Å². The zero-order valence-corrected chi connectivity index (χ0v) is 17.7. The lowest BCUT2D eigenvalue weighted by molar-refractivity contribution is -0.125. The molecule has 0 radical (unpaired) electrons. The summed E-state index contributed by atoms with van der Waals surface area (Å²) in [7, 11) is -3.72. The minimum absolute atomic E-state index is 0.0415. The Kier molecular flexibility index (Phi) is 6.96. The fourth-order valence-electron chi connectivity index (χ4n) is 3.09. The predicted molar refractivity (Wildman–Crippen MR) is 113 cm³/mol. The molecule has 3 N–H and O–H groups in total. The van der Waals surface area contributed by atoms with Crippen molar-refractivity contribution in [3.63, 3.8) is 0 Å². The van der Waals surface area contributed by atoms with Crippen LogP contribution in [0.5, 0.6) is 5.75 Å². The lowest BCUT2D eigenvalue weighted by Gasteiger charge is -2.29. The highest BCUT2D eigenvalue weighted by Gasteiger charge is 2.24. The SMILES string of the molecule is NS(=O)(=O)c1ccc(CCNC(=O)CCC(=O)N2CCOc3ccc(Cl)cc32)cc1. The van der Waals surface area contributed by atoms with E-state index in [4.69, 9.17) is 21.5 Å². The lowest BCUT2D eigenvalue weighted by Crippen LogP contribution is -2.38. The fraction of sp³-hybridized carbons (Fsp3) is 0.300.